The standard InChI is InChI=1S/C22H21F3N6O4/c1-34-17-3-2-14(35-22(23,24)25)6-15(17)29-20(33)28-13-7-21(8-13)11-30(12-21)19(32)16-9-27-18-10-26-4-5-31(16)18/h2-6,9-10,13H,7-8,11-12H2,1H3,(H2,28,29,33). The monoisotopic (exact) mass is 490 g/mol. The third-order valence-electron chi connectivity index (χ3n) is 6.22. The Kier molecular flexibility index (Phi) is 5.41. The fourth-order valence-electron chi connectivity index (χ4n) is 4.74. The van der Waals surface area contributed by atoms with E-state index in [1.807, 2.05) is 0 Å². The van der Waals surface area contributed by atoms with Gasteiger partial charge in [0.15, 0.2) is 5.65 Å². The predicted octanol–water partition coefficient (Wildman–Crippen LogP) is 3.06. The molecule has 0 unspecified atom stereocenters. The van der Waals surface area contributed by atoms with Crippen LogP contribution in [0.5, 0.6) is 11.5 Å². The van der Waals surface area contributed by atoms with Crippen molar-refractivity contribution < 1.29 is 32.2 Å². The Labute approximate surface area is 197 Å². The van der Waals surface area contributed by atoms with Crippen LogP contribution in [0.15, 0.2) is 43.0 Å². The molecule has 3 heterocycles. The fourth-order valence-corrected chi connectivity index (χ4v) is 4.74. The second-order valence-electron chi connectivity index (χ2n) is 8.72. The highest BCUT2D eigenvalue weighted by Crippen LogP contribution is 2.48. The number of nitrogens with zero attached hydrogens (tertiary/aromatic N) is 4. The third kappa shape index (κ3) is 4.53. The highest BCUT2D eigenvalue weighted by Gasteiger charge is 2.54. The second-order valence-corrected chi connectivity index (χ2v) is 8.72. The Morgan fingerprint density at radius 2 is 1.97 bits per heavy atom. The molecule has 5 rings (SSSR count). The topological polar surface area (TPSA) is 110 Å². The zero-order chi connectivity index (χ0) is 24.8. The highest BCUT2D eigenvalue weighted by atomic mass is 19.4. The van der Waals surface area contributed by atoms with Crippen molar-refractivity contribution >= 4 is 23.3 Å². The van der Waals surface area contributed by atoms with Gasteiger partial charge >= 0.3 is 12.4 Å². The number of carbonyl (C=O) groups excluding carboxylic acids is 2. The first-order valence-electron chi connectivity index (χ1n) is 10.7. The quantitative estimate of drug-likeness (QED) is 0.569. The Bertz CT molecular complexity index is 1280. The maximum absolute atomic E-state index is 12.8. The van der Waals surface area contributed by atoms with Crippen molar-refractivity contribution in [3.63, 3.8) is 0 Å². The zero-order valence-electron chi connectivity index (χ0n) is 18.5. The first-order valence-corrected chi connectivity index (χ1v) is 10.7. The summed E-state index contributed by atoms with van der Waals surface area (Å²) in [6, 6.07) is 2.72. The van der Waals surface area contributed by atoms with Crippen LogP contribution in [0.4, 0.5) is 23.7 Å². The number of likely N-dealkylation sites (tertiary alicyclic amines) is 1. The molecular weight excluding hydrogens is 469 g/mol. The molecule has 0 atom stereocenters. The van der Waals surface area contributed by atoms with Crippen molar-refractivity contribution in [2.24, 2.45) is 5.41 Å². The fraction of sp³-hybridized carbons (Fsp3) is 0.364. The Morgan fingerprint density at radius 3 is 2.69 bits per heavy atom. The molecule has 1 aliphatic carbocycles. The first kappa shape index (κ1) is 22.7. The van der Waals surface area contributed by atoms with E-state index in [0.29, 0.717) is 37.3 Å². The molecule has 35 heavy (non-hydrogen) atoms. The van der Waals surface area contributed by atoms with E-state index in [0.717, 1.165) is 12.1 Å². The van der Waals surface area contributed by atoms with Gasteiger partial charge in [0.1, 0.15) is 17.2 Å². The van der Waals surface area contributed by atoms with Gasteiger partial charge in [0.2, 0.25) is 0 Å². The number of ether oxygens (including phenoxy) is 2. The SMILES string of the molecule is COc1ccc(OC(F)(F)F)cc1NC(=O)NC1CC2(C1)CN(C(=O)c1cnc3cnccn13)C2. The molecule has 0 bridgehead atoms. The van der Waals surface area contributed by atoms with E-state index in [9.17, 15) is 22.8 Å². The second kappa shape index (κ2) is 8.32. The van der Waals surface area contributed by atoms with Gasteiger partial charge in [0, 0.05) is 43.0 Å². The molecule has 2 aliphatic rings. The molecular formula is C22H21F3N6O4. The Hall–Kier alpha value is -4.03. The van der Waals surface area contributed by atoms with E-state index in [4.69, 9.17) is 4.74 Å². The molecule has 3 aromatic rings. The molecule has 2 fully saturated rings. The highest BCUT2D eigenvalue weighted by molar-refractivity contribution is 5.94. The summed E-state index contributed by atoms with van der Waals surface area (Å²) < 4.78 is 48.2. The molecule has 1 spiro atoms. The summed E-state index contributed by atoms with van der Waals surface area (Å²) in [6.45, 7) is 1.16. The molecule has 13 heteroatoms. The number of halogens is 3. The Balaban J connectivity index is 1.13. The van der Waals surface area contributed by atoms with Crippen molar-refractivity contribution in [2.45, 2.75) is 25.2 Å². The summed E-state index contributed by atoms with van der Waals surface area (Å²) in [5.41, 5.74) is 1.06. The van der Waals surface area contributed by atoms with Gasteiger partial charge in [0.25, 0.3) is 5.91 Å². The number of hydrogen-bond acceptors (Lipinski definition) is 6. The van der Waals surface area contributed by atoms with E-state index in [2.05, 4.69) is 25.3 Å². The van der Waals surface area contributed by atoms with Crippen LogP contribution in [0.2, 0.25) is 0 Å². The van der Waals surface area contributed by atoms with Crippen LogP contribution in [-0.2, 0) is 0 Å². The van der Waals surface area contributed by atoms with E-state index in [-0.39, 0.29) is 28.8 Å². The first-order chi connectivity index (χ1) is 16.6. The van der Waals surface area contributed by atoms with E-state index >= 15 is 0 Å². The maximum Gasteiger partial charge on any atom is 0.573 e. The minimum absolute atomic E-state index is 0.0458. The molecule has 184 valence electrons. The lowest BCUT2D eigenvalue weighted by Crippen LogP contribution is -2.67. The van der Waals surface area contributed by atoms with Crippen LogP contribution >= 0.6 is 0 Å². The summed E-state index contributed by atoms with van der Waals surface area (Å²) in [7, 11) is 1.34. The zero-order valence-corrected chi connectivity index (χ0v) is 18.5. The number of urea groups is 1. The van der Waals surface area contributed by atoms with Gasteiger partial charge in [-0.25, -0.2) is 9.78 Å². The number of rotatable bonds is 5. The minimum atomic E-state index is -4.85. The van der Waals surface area contributed by atoms with Crippen LogP contribution in [0, 0.1) is 5.41 Å². The molecule has 1 aromatic carbocycles. The number of nitrogens with one attached hydrogen (secondary N) is 2. The molecule has 1 saturated carbocycles. The average molecular weight is 490 g/mol. The number of amides is 3. The van der Waals surface area contributed by atoms with E-state index in [1.165, 1.54) is 19.4 Å². The van der Waals surface area contributed by atoms with Gasteiger partial charge in [-0.15, -0.1) is 13.2 Å². The summed E-state index contributed by atoms with van der Waals surface area (Å²) >= 11 is 0. The number of aromatic nitrogens is 3. The normalized spacial score (nSPS) is 17.0. The maximum atomic E-state index is 12.8. The largest absolute Gasteiger partial charge is 0.573 e. The van der Waals surface area contributed by atoms with Crippen LogP contribution in [0.1, 0.15) is 23.3 Å². The summed E-state index contributed by atoms with van der Waals surface area (Å²) in [5, 5.41) is 5.32. The van der Waals surface area contributed by atoms with E-state index < -0.39 is 18.1 Å². The number of anilines is 1. The van der Waals surface area contributed by atoms with Gasteiger partial charge in [-0.3, -0.25) is 14.2 Å². The number of benzene rings is 1. The van der Waals surface area contributed by atoms with E-state index in [1.54, 1.807) is 27.9 Å². The van der Waals surface area contributed by atoms with Crippen molar-refractivity contribution in [1.29, 1.82) is 0 Å². The predicted molar refractivity (Wildman–Crippen MR) is 116 cm³/mol. The Morgan fingerprint density at radius 1 is 1.20 bits per heavy atom. The van der Waals surface area contributed by atoms with Crippen molar-refractivity contribution in [1.82, 2.24) is 24.6 Å². The van der Waals surface area contributed by atoms with Crippen molar-refractivity contribution in [3.8, 4) is 11.5 Å². The van der Waals surface area contributed by atoms with Crippen LogP contribution in [0.25, 0.3) is 5.65 Å². The lowest BCUT2D eigenvalue weighted by atomic mass is 9.60. The molecule has 1 saturated heterocycles. The molecule has 3 amide bonds. The number of imidazole rings is 1. The molecule has 10 nitrogen and oxygen atoms in total. The smallest absolute Gasteiger partial charge is 0.495 e. The number of methoxy groups -OCH3 is 1. The lowest BCUT2D eigenvalue weighted by Gasteiger charge is -2.58. The van der Waals surface area contributed by atoms with Gasteiger partial charge < -0.3 is 25.0 Å². The molecule has 2 aromatic heterocycles. The summed E-state index contributed by atoms with van der Waals surface area (Å²) in [6.07, 6.45) is 2.91. The number of alkyl halides is 3. The average Bonchev–Trinajstić information content (AvgIpc) is 3.17. The van der Waals surface area contributed by atoms with Gasteiger partial charge in [-0.2, -0.15) is 0 Å². The van der Waals surface area contributed by atoms with Crippen molar-refractivity contribution in [3.05, 3.63) is 48.7 Å². The van der Waals surface area contributed by atoms with Crippen molar-refractivity contribution in [2.75, 3.05) is 25.5 Å². The third-order valence-corrected chi connectivity index (χ3v) is 6.22. The molecule has 2 N–H and O–H groups in total. The number of hydrogen-bond donors (Lipinski definition) is 2. The van der Waals surface area contributed by atoms with Gasteiger partial charge in [-0.05, 0) is 25.0 Å². The van der Waals surface area contributed by atoms with Crippen LogP contribution < -0.4 is 20.1 Å². The number of fused-ring (bicyclic) bond motifs is 1. The van der Waals surface area contributed by atoms with Gasteiger partial charge in [-0.1, -0.05) is 0 Å². The van der Waals surface area contributed by atoms with Gasteiger partial charge in [0.05, 0.1) is 25.2 Å². The minimum Gasteiger partial charge on any atom is -0.495 e. The van der Waals surface area contributed by atoms with Crippen LogP contribution in [-0.4, -0.2) is 63.8 Å². The molecule has 0 radical (unpaired) electrons. The lowest BCUT2D eigenvalue weighted by molar-refractivity contribution is -0.274. The number of carbonyl (C=O) groups is 2. The molecule has 1 aliphatic heterocycles. The van der Waals surface area contributed by atoms with Crippen LogP contribution in [0.3, 0.4) is 0 Å². The summed E-state index contributed by atoms with van der Waals surface area (Å²) in [4.78, 5) is 35.2. The summed E-state index contributed by atoms with van der Waals surface area (Å²) in [5.74, 6) is -0.398.